The number of anilines is 1. The summed E-state index contributed by atoms with van der Waals surface area (Å²) in [5, 5.41) is 19.5. The molecule has 0 aliphatic carbocycles. The number of fused-ring (bicyclic) bond motifs is 1. The molecule has 1 saturated heterocycles. The maximum atomic E-state index is 13.4. The van der Waals surface area contributed by atoms with Crippen molar-refractivity contribution < 1.29 is 29.0 Å². The molecule has 11 nitrogen and oxygen atoms in total. The van der Waals surface area contributed by atoms with Gasteiger partial charge >= 0.3 is 5.97 Å². The van der Waals surface area contributed by atoms with Crippen molar-refractivity contribution in [2.75, 3.05) is 19.0 Å². The monoisotopic (exact) mass is 597 g/mol. The lowest BCUT2D eigenvalue weighted by Gasteiger charge is -2.25. The van der Waals surface area contributed by atoms with Crippen LogP contribution in [0.1, 0.15) is 53.9 Å². The predicted molar refractivity (Wildman–Crippen MR) is 162 cm³/mol. The third-order valence-electron chi connectivity index (χ3n) is 6.90. The largest absolute Gasteiger partial charge is 0.497 e. The molecule has 12 heteroatoms. The van der Waals surface area contributed by atoms with Crippen molar-refractivity contribution in [1.29, 1.82) is 0 Å². The second kappa shape index (κ2) is 13.4. The zero-order valence-electron chi connectivity index (χ0n) is 24.8. The number of likely N-dealkylation sites (tertiary alicyclic amines) is 1. The Morgan fingerprint density at radius 2 is 1.90 bits per heavy atom. The van der Waals surface area contributed by atoms with Gasteiger partial charge in [-0.3, -0.25) is 9.59 Å². The van der Waals surface area contributed by atoms with Crippen molar-refractivity contribution in [2.24, 2.45) is 5.92 Å². The molecule has 1 unspecified atom stereocenters. The standard InChI is InChI=1S/C30H39N5O6S/c1-16(2)9-19(32-18(5)36)10-28(37)35-14-21(12-26(35)29(38)39)41-27-13-24(25-15-42-30(34-25)31-17(3)4)33-23-11-20(40-6)7-8-22(23)27/h7-8,11,13,15-17,19,21,26H,9-10,12,14H2,1-6H3,(H,31,34)(H,32,36)(H,38,39)/t19?,21-,26+/m1/s1. The van der Waals surface area contributed by atoms with Gasteiger partial charge in [-0.15, -0.1) is 11.3 Å². The van der Waals surface area contributed by atoms with Gasteiger partial charge in [0.15, 0.2) is 5.13 Å². The molecule has 42 heavy (non-hydrogen) atoms. The zero-order chi connectivity index (χ0) is 30.6. The van der Waals surface area contributed by atoms with E-state index in [0.29, 0.717) is 34.8 Å². The number of ether oxygens (including phenoxy) is 2. The van der Waals surface area contributed by atoms with Gasteiger partial charge in [-0.05, 0) is 38.3 Å². The van der Waals surface area contributed by atoms with E-state index in [-0.39, 0.29) is 49.2 Å². The lowest BCUT2D eigenvalue weighted by atomic mass is 10.0. The minimum Gasteiger partial charge on any atom is -0.497 e. The highest BCUT2D eigenvalue weighted by Crippen LogP contribution is 2.35. The Labute approximate surface area is 249 Å². The summed E-state index contributed by atoms with van der Waals surface area (Å²) in [6.07, 6.45) is 0.197. The number of carboxylic acid groups (broad SMARTS) is 1. The van der Waals surface area contributed by atoms with E-state index < -0.39 is 18.1 Å². The van der Waals surface area contributed by atoms with Gasteiger partial charge in [0.1, 0.15) is 29.3 Å². The Bertz CT molecular complexity index is 1440. The highest BCUT2D eigenvalue weighted by atomic mass is 32.1. The number of rotatable bonds is 12. The number of nitrogens with zero attached hydrogens (tertiary/aromatic N) is 3. The first kappa shape index (κ1) is 31.0. The van der Waals surface area contributed by atoms with Crippen LogP contribution in [-0.4, -0.2) is 75.6 Å². The summed E-state index contributed by atoms with van der Waals surface area (Å²) in [6, 6.07) is 6.10. The summed E-state index contributed by atoms with van der Waals surface area (Å²) < 4.78 is 11.9. The Hall–Kier alpha value is -3.93. The molecular formula is C30H39N5O6S. The molecule has 0 bridgehead atoms. The minimum absolute atomic E-state index is 0.0208. The van der Waals surface area contributed by atoms with Gasteiger partial charge in [0.25, 0.3) is 0 Å². The molecule has 1 aromatic carbocycles. The van der Waals surface area contributed by atoms with Crippen molar-refractivity contribution in [2.45, 2.75) is 78.1 Å². The fourth-order valence-electron chi connectivity index (χ4n) is 5.19. The van der Waals surface area contributed by atoms with E-state index in [4.69, 9.17) is 14.5 Å². The number of benzene rings is 1. The summed E-state index contributed by atoms with van der Waals surface area (Å²) in [6.45, 7) is 9.62. The first-order chi connectivity index (χ1) is 19.9. The second-order valence-electron chi connectivity index (χ2n) is 11.3. The van der Waals surface area contributed by atoms with Gasteiger partial charge in [0.2, 0.25) is 11.8 Å². The van der Waals surface area contributed by atoms with E-state index in [2.05, 4.69) is 15.6 Å². The van der Waals surface area contributed by atoms with E-state index in [1.807, 2.05) is 51.3 Å². The number of nitrogens with one attached hydrogen (secondary N) is 2. The van der Waals surface area contributed by atoms with Crippen LogP contribution in [0.15, 0.2) is 29.6 Å². The van der Waals surface area contributed by atoms with Crippen molar-refractivity contribution >= 4 is 45.2 Å². The molecule has 1 aliphatic heterocycles. The Balaban J connectivity index is 1.61. The van der Waals surface area contributed by atoms with Gasteiger partial charge in [0.05, 0.1) is 24.9 Å². The van der Waals surface area contributed by atoms with Crippen LogP contribution in [0.5, 0.6) is 11.5 Å². The summed E-state index contributed by atoms with van der Waals surface area (Å²) in [7, 11) is 1.58. The number of aromatic nitrogens is 2. The number of carboxylic acids is 1. The fourth-order valence-corrected chi connectivity index (χ4v) is 6.04. The van der Waals surface area contributed by atoms with Gasteiger partial charge in [-0.2, -0.15) is 0 Å². The summed E-state index contributed by atoms with van der Waals surface area (Å²) in [4.78, 5) is 48.1. The molecule has 0 spiro atoms. The molecule has 226 valence electrons. The molecule has 2 amide bonds. The van der Waals surface area contributed by atoms with Crippen LogP contribution in [-0.2, 0) is 14.4 Å². The number of hydrogen-bond donors (Lipinski definition) is 3. The summed E-state index contributed by atoms with van der Waals surface area (Å²) >= 11 is 1.48. The highest BCUT2D eigenvalue weighted by molar-refractivity contribution is 7.14. The molecule has 1 aliphatic rings. The van der Waals surface area contributed by atoms with E-state index in [1.54, 1.807) is 13.2 Å². The van der Waals surface area contributed by atoms with Crippen molar-refractivity contribution in [1.82, 2.24) is 20.2 Å². The fraction of sp³-hybridized carbons (Fsp3) is 0.500. The number of amides is 2. The lowest BCUT2D eigenvalue weighted by molar-refractivity contribution is -0.148. The number of aliphatic carboxylic acids is 1. The normalized spacial score (nSPS) is 17.5. The highest BCUT2D eigenvalue weighted by Gasteiger charge is 2.41. The molecule has 1 fully saturated rings. The molecule has 0 saturated carbocycles. The average molecular weight is 598 g/mol. The molecule has 4 rings (SSSR count). The zero-order valence-corrected chi connectivity index (χ0v) is 25.7. The third-order valence-corrected chi connectivity index (χ3v) is 7.68. The molecule has 3 aromatic rings. The number of thiazole rings is 1. The SMILES string of the molecule is COc1ccc2c(O[C@@H]3C[C@@H](C(=O)O)N(C(=O)CC(CC(C)C)NC(C)=O)C3)cc(-c3csc(NC(C)C)n3)nc2c1. The van der Waals surface area contributed by atoms with Gasteiger partial charge in [-0.25, -0.2) is 14.8 Å². The van der Waals surface area contributed by atoms with E-state index >= 15 is 0 Å². The third kappa shape index (κ3) is 7.67. The molecule has 3 heterocycles. The number of carbonyl (C=O) groups excluding carboxylic acids is 2. The number of methoxy groups -OCH3 is 1. The Kier molecular flexibility index (Phi) is 9.87. The Morgan fingerprint density at radius 3 is 2.55 bits per heavy atom. The number of pyridine rings is 1. The first-order valence-electron chi connectivity index (χ1n) is 14.1. The summed E-state index contributed by atoms with van der Waals surface area (Å²) in [5.74, 6) is -0.240. The van der Waals surface area contributed by atoms with Crippen LogP contribution in [0.3, 0.4) is 0 Å². The van der Waals surface area contributed by atoms with Crippen LogP contribution in [0.4, 0.5) is 5.13 Å². The van der Waals surface area contributed by atoms with E-state index in [9.17, 15) is 19.5 Å². The van der Waals surface area contributed by atoms with Gasteiger partial charge in [-0.1, -0.05) is 13.8 Å². The smallest absolute Gasteiger partial charge is 0.326 e. The lowest BCUT2D eigenvalue weighted by Crippen LogP contribution is -2.45. The van der Waals surface area contributed by atoms with Crippen molar-refractivity contribution in [3.63, 3.8) is 0 Å². The number of hydrogen-bond acceptors (Lipinski definition) is 9. The Morgan fingerprint density at radius 1 is 1.14 bits per heavy atom. The molecule has 2 aromatic heterocycles. The van der Waals surface area contributed by atoms with E-state index in [1.165, 1.54) is 23.2 Å². The second-order valence-corrected chi connectivity index (χ2v) is 12.2. The van der Waals surface area contributed by atoms with Gasteiger partial charge < -0.3 is 30.1 Å². The predicted octanol–water partition coefficient (Wildman–Crippen LogP) is 4.56. The topological polar surface area (TPSA) is 143 Å². The maximum Gasteiger partial charge on any atom is 0.326 e. The minimum atomic E-state index is -1.09. The van der Waals surface area contributed by atoms with Crippen LogP contribution in [0.25, 0.3) is 22.3 Å². The van der Waals surface area contributed by atoms with Crippen molar-refractivity contribution in [3.05, 3.63) is 29.6 Å². The van der Waals surface area contributed by atoms with Crippen LogP contribution in [0.2, 0.25) is 0 Å². The molecular weight excluding hydrogens is 558 g/mol. The van der Waals surface area contributed by atoms with Crippen LogP contribution >= 0.6 is 11.3 Å². The molecule has 3 N–H and O–H groups in total. The maximum absolute atomic E-state index is 13.4. The van der Waals surface area contributed by atoms with E-state index in [0.717, 1.165) is 10.5 Å². The number of carbonyl (C=O) groups is 3. The first-order valence-corrected chi connectivity index (χ1v) is 15.0. The molecule has 0 radical (unpaired) electrons. The summed E-state index contributed by atoms with van der Waals surface area (Å²) in [5.41, 5.74) is 1.92. The van der Waals surface area contributed by atoms with Gasteiger partial charge in [0, 0.05) is 54.7 Å². The average Bonchev–Trinajstić information content (AvgIpc) is 3.54. The van der Waals surface area contributed by atoms with Crippen molar-refractivity contribution in [3.8, 4) is 22.9 Å². The van der Waals surface area contributed by atoms with Crippen LogP contribution < -0.4 is 20.1 Å². The quantitative estimate of drug-likeness (QED) is 0.274. The molecule has 3 atom stereocenters. The van der Waals surface area contributed by atoms with Crippen LogP contribution in [0, 0.1) is 5.92 Å².